The van der Waals surface area contributed by atoms with Gasteiger partial charge in [-0.15, -0.1) is 0 Å². The zero-order valence-electron chi connectivity index (χ0n) is 20.4. The Balaban J connectivity index is 2.07. The summed E-state index contributed by atoms with van der Waals surface area (Å²) in [6.45, 7) is 3.37. The number of hydrogen-bond donors (Lipinski definition) is 1. The van der Waals surface area contributed by atoms with Crippen LogP contribution in [0.5, 0.6) is 5.75 Å². The number of nitrogens with zero attached hydrogens (tertiary/aromatic N) is 2. The monoisotopic (exact) mass is 536 g/mol. The van der Waals surface area contributed by atoms with Gasteiger partial charge in [-0.05, 0) is 43.2 Å². The summed E-state index contributed by atoms with van der Waals surface area (Å²) in [7, 11) is 1.41. The van der Waals surface area contributed by atoms with Crippen LogP contribution >= 0.6 is 0 Å². The van der Waals surface area contributed by atoms with E-state index >= 15 is 0 Å². The molecule has 3 aromatic carbocycles. The molecule has 0 fully saturated rings. The van der Waals surface area contributed by atoms with E-state index in [1.807, 2.05) is 0 Å². The van der Waals surface area contributed by atoms with Crippen molar-refractivity contribution in [2.75, 3.05) is 7.11 Å². The lowest BCUT2D eigenvalue weighted by atomic mass is 9.92. The number of methoxy groups -OCH3 is 1. The normalized spacial score (nSPS) is 12.7. The third kappa shape index (κ3) is 4.40. The fourth-order valence-electron chi connectivity index (χ4n) is 4.56. The second-order valence-corrected chi connectivity index (χ2v) is 8.83. The zero-order chi connectivity index (χ0) is 28.0. The summed E-state index contributed by atoms with van der Waals surface area (Å²) in [5, 5.41) is 10.0. The number of ether oxygens (including phenoxy) is 1. The van der Waals surface area contributed by atoms with E-state index in [0.29, 0.717) is 40.1 Å². The van der Waals surface area contributed by atoms with Crippen molar-refractivity contribution in [2.24, 2.45) is 0 Å². The minimum atomic E-state index is -6.08. The van der Waals surface area contributed by atoms with Gasteiger partial charge in [0.15, 0.2) is 0 Å². The first-order chi connectivity index (χ1) is 17.7. The number of aryl methyl sites for hydroxylation is 2. The van der Waals surface area contributed by atoms with E-state index < -0.39 is 29.1 Å². The molecule has 0 bridgehead atoms. The van der Waals surface area contributed by atoms with Crippen LogP contribution in [0.15, 0.2) is 65.5 Å². The van der Waals surface area contributed by atoms with E-state index in [4.69, 9.17) is 4.74 Å². The van der Waals surface area contributed by atoms with Crippen LogP contribution in [-0.2, 0) is 12.0 Å². The van der Waals surface area contributed by atoms with E-state index in [1.54, 1.807) is 50.2 Å². The number of hydrogen-bond acceptors (Lipinski definition) is 4. The molecule has 0 amide bonds. The van der Waals surface area contributed by atoms with E-state index in [0.717, 1.165) is 10.6 Å². The molecule has 0 spiro atoms. The van der Waals surface area contributed by atoms with E-state index in [9.17, 15) is 36.2 Å². The Morgan fingerprint density at radius 3 is 2.13 bits per heavy atom. The van der Waals surface area contributed by atoms with Gasteiger partial charge in [0.1, 0.15) is 11.6 Å². The third-order valence-corrected chi connectivity index (χ3v) is 6.36. The first-order valence-electron chi connectivity index (χ1n) is 11.3. The average Bonchev–Trinajstić information content (AvgIpc) is 2.83. The van der Waals surface area contributed by atoms with Gasteiger partial charge in [0, 0.05) is 17.5 Å². The van der Waals surface area contributed by atoms with Gasteiger partial charge < -0.3 is 9.84 Å². The highest BCUT2D eigenvalue weighted by Crippen LogP contribution is 2.50. The zero-order valence-corrected chi connectivity index (χ0v) is 20.4. The van der Waals surface area contributed by atoms with Crippen LogP contribution < -0.4 is 10.3 Å². The summed E-state index contributed by atoms with van der Waals surface area (Å²) >= 11 is 0. The molecule has 0 aliphatic rings. The largest absolute Gasteiger partial charge is 0.496 e. The molecule has 4 aromatic rings. The Labute approximate surface area is 212 Å². The highest BCUT2D eigenvalue weighted by Gasteiger charge is 2.71. The Kier molecular flexibility index (Phi) is 6.77. The lowest BCUT2D eigenvalue weighted by Crippen LogP contribution is -2.54. The fraction of sp³-hybridized carbons (Fsp3) is 0.259. The predicted octanol–water partition coefficient (Wildman–Crippen LogP) is 5.91. The van der Waals surface area contributed by atoms with Crippen LogP contribution in [0.25, 0.3) is 16.6 Å². The van der Waals surface area contributed by atoms with Crippen molar-refractivity contribution in [1.82, 2.24) is 9.55 Å². The van der Waals surface area contributed by atoms with Gasteiger partial charge in [0.05, 0.1) is 23.7 Å². The van der Waals surface area contributed by atoms with Gasteiger partial charge in [-0.1, -0.05) is 42.5 Å². The molecule has 0 unspecified atom stereocenters. The molecule has 1 N–H and O–H groups in total. The fourth-order valence-corrected chi connectivity index (χ4v) is 4.56. The topological polar surface area (TPSA) is 64.3 Å². The van der Waals surface area contributed by atoms with E-state index in [2.05, 4.69) is 4.98 Å². The van der Waals surface area contributed by atoms with E-state index in [1.165, 1.54) is 13.2 Å². The Morgan fingerprint density at radius 2 is 1.55 bits per heavy atom. The van der Waals surface area contributed by atoms with E-state index in [-0.39, 0.29) is 23.3 Å². The molecule has 0 aliphatic carbocycles. The lowest BCUT2D eigenvalue weighted by Gasteiger charge is -2.33. The summed E-state index contributed by atoms with van der Waals surface area (Å²) in [5.41, 5.74) is -5.56. The maximum Gasteiger partial charge on any atom is 0.430 e. The molecule has 0 saturated carbocycles. The average molecular weight is 536 g/mol. The maximum absolute atomic E-state index is 13.9. The van der Waals surface area contributed by atoms with Crippen LogP contribution in [0.1, 0.15) is 28.1 Å². The first-order valence-corrected chi connectivity index (χ1v) is 11.3. The van der Waals surface area contributed by atoms with Crippen LogP contribution in [0.3, 0.4) is 0 Å². The molecule has 0 atom stereocenters. The Morgan fingerprint density at radius 1 is 0.921 bits per heavy atom. The summed E-state index contributed by atoms with van der Waals surface area (Å²) in [6, 6.07) is 13.5. The molecular formula is C27H22F6N2O3. The van der Waals surface area contributed by atoms with Gasteiger partial charge in [-0.2, -0.15) is 26.3 Å². The highest BCUT2D eigenvalue weighted by molar-refractivity contribution is 5.85. The molecule has 1 aromatic heterocycles. The van der Waals surface area contributed by atoms with Crippen LogP contribution in [0.4, 0.5) is 26.3 Å². The van der Waals surface area contributed by atoms with Gasteiger partial charge in [0.25, 0.3) is 11.2 Å². The minimum absolute atomic E-state index is 0.0448. The number of halogens is 6. The van der Waals surface area contributed by atoms with Crippen molar-refractivity contribution in [1.29, 1.82) is 0 Å². The Bertz CT molecular complexity index is 1550. The summed E-state index contributed by atoms with van der Waals surface area (Å²) in [4.78, 5) is 18.5. The summed E-state index contributed by atoms with van der Waals surface area (Å²) in [6.07, 6.45) is -12.1. The molecule has 200 valence electrons. The molecule has 38 heavy (non-hydrogen) atoms. The smallest absolute Gasteiger partial charge is 0.430 e. The number of fused-ring (bicyclic) bond motifs is 1. The lowest BCUT2D eigenvalue weighted by molar-refractivity contribution is -0.376. The second-order valence-electron chi connectivity index (χ2n) is 8.83. The van der Waals surface area contributed by atoms with Crippen molar-refractivity contribution in [3.8, 4) is 11.4 Å². The molecule has 0 aliphatic heterocycles. The maximum atomic E-state index is 13.9. The quantitative estimate of drug-likeness (QED) is 0.322. The molecular weight excluding hydrogens is 514 g/mol. The summed E-state index contributed by atoms with van der Waals surface area (Å²) < 4.78 is 87.9. The van der Waals surface area contributed by atoms with Crippen molar-refractivity contribution in [3.05, 3.63) is 99.1 Å². The van der Waals surface area contributed by atoms with Crippen molar-refractivity contribution in [3.63, 3.8) is 0 Å². The molecule has 11 heteroatoms. The minimum Gasteiger partial charge on any atom is -0.496 e. The highest BCUT2D eigenvalue weighted by atomic mass is 19.4. The molecule has 5 nitrogen and oxygen atoms in total. The van der Waals surface area contributed by atoms with Gasteiger partial charge in [-0.3, -0.25) is 9.36 Å². The number of rotatable bonds is 5. The molecule has 0 radical (unpaired) electrons. The van der Waals surface area contributed by atoms with Crippen molar-refractivity contribution < 1.29 is 36.2 Å². The molecule has 1 heterocycles. The third-order valence-electron chi connectivity index (χ3n) is 6.36. The van der Waals surface area contributed by atoms with Crippen LogP contribution in [0, 0.1) is 13.8 Å². The van der Waals surface area contributed by atoms with Crippen molar-refractivity contribution >= 4 is 10.9 Å². The second kappa shape index (κ2) is 9.46. The summed E-state index contributed by atoms with van der Waals surface area (Å²) in [5.74, 6) is 0.480. The standard InChI is InChI=1S/C27H22F6N2O3/c1-15-12-20-22(16(2)23(15)38-3)24(36)35(21(34-20)13-17-8-5-4-6-9-17)19-11-7-10-18(14-19)25(37,26(28,29)30)27(31,32)33/h4-12,14,37H,13H2,1-3H3. The van der Waals surface area contributed by atoms with Crippen LogP contribution in [0.2, 0.25) is 0 Å². The van der Waals surface area contributed by atoms with Crippen molar-refractivity contribution in [2.45, 2.75) is 38.2 Å². The number of benzene rings is 3. The molecule has 4 rings (SSSR count). The number of aliphatic hydroxyl groups is 1. The van der Waals surface area contributed by atoms with Crippen LogP contribution in [-0.4, -0.2) is 34.1 Å². The van der Waals surface area contributed by atoms with Gasteiger partial charge >= 0.3 is 12.4 Å². The number of aromatic nitrogens is 2. The molecule has 0 saturated heterocycles. The number of alkyl halides is 6. The van der Waals surface area contributed by atoms with Gasteiger partial charge in [0.2, 0.25) is 0 Å². The van der Waals surface area contributed by atoms with Gasteiger partial charge in [-0.25, -0.2) is 4.98 Å². The Hall–Kier alpha value is -3.86. The predicted molar refractivity (Wildman–Crippen MR) is 129 cm³/mol. The SMILES string of the molecule is COc1c(C)cc2nc(Cc3ccccc3)n(-c3cccc(C(O)(C(F)(F)F)C(F)(F)F)c3)c(=O)c2c1C. The first kappa shape index (κ1) is 27.2.